The summed E-state index contributed by atoms with van der Waals surface area (Å²) in [5.74, 6) is -1.30. The lowest BCUT2D eigenvalue weighted by Gasteiger charge is -2.24. The molecule has 3 heterocycles. The van der Waals surface area contributed by atoms with E-state index in [1.807, 2.05) is 4.90 Å². The SMILES string of the molecule is COc1c(F)c(N2C[C@@H]3CCCN[C@@H]3C2)cc2c(=O)c(C(=O)O)cn(C3CC3)c12. The van der Waals surface area contributed by atoms with Crippen molar-refractivity contribution in [3.8, 4) is 5.75 Å². The van der Waals surface area contributed by atoms with E-state index < -0.39 is 17.2 Å². The van der Waals surface area contributed by atoms with E-state index in [2.05, 4.69) is 5.32 Å². The van der Waals surface area contributed by atoms with E-state index in [9.17, 15) is 14.7 Å². The van der Waals surface area contributed by atoms with Gasteiger partial charge in [-0.15, -0.1) is 0 Å². The normalized spacial score (nSPS) is 24.0. The van der Waals surface area contributed by atoms with Crippen LogP contribution in [0.4, 0.5) is 10.1 Å². The first-order chi connectivity index (χ1) is 14.0. The highest BCUT2D eigenvalue weighted by atomic mass is 19.1. The maximum Gasteiger partial charge on any atom is 0.341 e. The summed E-state index contributed by atoms with van der Waals surface area (Å²) in [6, 6.07) is 1.89. The van der Waals surface area contributed by atoms with Crippen LogP contribution in [0.2, 0.25) is 0 Å². The average molecular weight is 401 g/mol. The molecule has 0 amide bonds. The van der Waals surface area contributed by atoms with Crippen LogP contribution in [0, 0.1) is 11.7 Å². The molecule has 2 N–H and O–H groups in total. The Balaban J connectivity index is 1.72. The van der Waals surface area contributed by atoms with Crippen LogP contribution in [-0.2, 0) is 0 Å². The summed E-state index contributed by atoms with van der Waals surface area (Å²) in [5, 5.41) is 13.2. The number of ether oxygens (including phenoxy) is 1. The monoisotopic (exact) mass is 401 g/mol. The number of piperidine rings is 1. The predicted octanol–water partition coefficient (Wildman–Crippen LogP) is 2.37. The van der Waals surface area contributed by atoms with Gasteiger partial charge in [0.1, 0.15) is 5.56 Å². The standard InChI is InChI=1S/C21H24FN3O4/c1-29-20-17(22)16(24-8-11-3-2-6-23-15(11)10-24)7-13-18(20)25(12-4-5-12)9-14(19(13)26)21(27)28/h7,9,11-12,15,23H,2-6,8,10H2,1H3,(H,27,28)/t11-,15+/m0/s1. The number of benzene rings is 1. The smallest absolute Gasteiger partial charge is 0.341 e. The molecule has 8 heteroatoms. The number of halogens is 1. The van der Waals surface area contributed by atoms with Crippen LogP contribution in [0.5, 0.6) is 5.75 Å². The molecule has 2 aromatic rings. The Morgan fingerprint density at radius 1 is 1.31 bits per heavy atom. The summed E-state index contributed by atoms with van der Waals surface area (Å²) in [6.45, 7) is 2.33. The molecular weight excluding hydrogens is 377 g/mol. The van der Waals surface area contributed by atoms with E-state index in [-0.39, 0.29) is 22.7 Å². The number of anilines is 1. The minimum absolute atomic E-state index is 0.0151. The van der Waals surface area contributed by atoms with Gasteiger partial charge in [-0.25, -0.2) is 9.18 Å². The van der Waals surface area contributed by atoms with Crippen LogP contribution in [0.15, 0.2) is 17.1 Å². The Morgan fingerprint density at radius 3 is 2.76 bits per heavy atom. The molecule has 154 valence electrons. The largest absolute Gasteiger partial charge is 0.491 e. The number of aromatic nitrogens is 1. The first kappa shape index (κ1) is 18.4. The summed E-state index contributed by atoms with van der Waals surface area (Å²) in [5.41, 5.74) is -0.229. The summed E-state index contributed by atoms with van der Waals surface area (Å²) in [4.78, 5) is 26.6. The van der Waals surface area contributed by atoms with E-state index in [1.165, 1.54) is 19.4 Å². The molecule has 5 rings (SSSR count). The van der Waals surface area contributed by atoms with Gasteiger partial charge >= 0.3 is 5.97 Å². The van der Waals surface area contributed by atoms with Crippen molar-refractivity contribution in [3.05, 3.63) is 33.9 Å². The van der Waals surface area contributed by atoms with Gasteiger partial charge in [0.05, 0.1) is 23.7 Å². The van der Waals surface area contributed by atoms with Crippen LogP contribution in [0.25, 0.3) is 10.9 Å². The Morgan fingerprint density at radius 2 is 2.10 bits per heavy atom. The molecule has 0 spiro atoms. The molecule has 3 aliphatic rings. The van der Waals surface area contributed by atoms with Crippen molar-refractivity contribution in [1.82, 2.24) is 9.88 Å². The number of nitrogens with zero attached hydrogens (tertiary/aromatic N) is 2. The van der Waals surface area contributed by atoms with Gasteiger partial charge in [-0.2, -0.15) is 0 Å². The third-order valence-electron chi connectivity index (χ3n) is 6.51. The molecule has 1 saturated carbocycles. The van der Waals surface area contributed by atoms with E-state index >= 15 is 4.39 Å². The Labute approximate surface area is 167 Å². The third kappa shape index (κ3) is 2.88. The van der Waals surface area contributed by atoms with Crippen LogP contribution in [0.1, 0.15) is 42.1 Å². The van der Waals surface area contributed by atoms with Gasteiger partial charge in [0.15, 0.2) is 11.6 Å². The zero-order chi connectivity index (χ0) is 20.3. The lowest BCUT2D eigenvalue weighted by Crippen LogP contribution is -2.40. The van der Waals surface area contributed by atoms with Crippen molar-refractivity contribution < 1.29 is 19.0 Å². The summed E-state index contributed by atoms with van der Waals surface area (Å²) in [7, 11) is 1.39. The second kappa shape index (κ2) is 6.73. The third-order valence-corrected chi connectivity index (χ3v) is 6.51. The lowest BCUT2D eigenvalue weighted by atomic mass is 9.94. The molecule has 1 aromatic heterocycles. The lowest BCUT2D eigenvalue weighted by molar-refractivity contribution is 0.0695. The van der Waals surface area contributed by atoms with Crippen molar-refractivity contribution in [3.63, 3.8) is 0 Å². The minimum atomic E-state index is -1.27. The number of rotatable bonds is 4. The van der Waals surface area contributed by atoms with Gasteiger partial charge in [-0.1, -0.05) is 0 Å². The molecule has 1 aliphatic carbocycles. The predicted molar refractivity (Wildman–Crippen MR) is 107 cm³/mol. The quantitative estimate of drug-likeness (QED) is 0.819. The number of pyridine rings is 1. The molecule has 0 bridgehead atoms. The Kier molecular flexibility index (Phi) is 4.27. The van der Waals surface area contributed by atoms with Crippen LogP contribution >= 0.6 is 0 Å². The van der Waals surface area contributed by atoms with E-state index in [4.69, 9.17) is 4.74 Å². The number of carboxylic acid groups (broad SMARTS) is 1. The zero-order valence-electron chi connectivity index (χ0n) is 16.3. The molecule has 3 fully saturated rings. The molecule has 2 aliphatic heterocycles. The van der Waals surface area contributed by atoms with Crippen LogP contribution in [-0.4, -0.2) is 48.4 Å². The number of aromatic carboxylic acids is 1. The summed E-state index contributed by atoms with van der Waals surface area (Å²) >= 11 is 0. The molecule has 7 nitrogen and oxygen atoms in total. The van der Waals surface area contributed by atoms with Crippen molar-refractivity contribution in [2.24, 2.45) is 5.92 Å². The molecule has 2 atom stereocenters. The number of fused-ring (bicyclic) bond motifs is 2. The van der Waals surface area contributed by atoms with Gasteiger partial charge in [-0.05, 0) is 44.2 Å². The van der Waals surface area contributed by atoms with E-state index in [0.717, 1.165) is 32.2 Å². The second-order valence-corrected chi connectivity index (χ2v) is 8.32. The number of hydrogen-bond donors (Lipinski definition) is 2. The molecule has 2 saturated heterocycles. The van der Waals surface area contributed by atoms with Crippen LogP contribution in [0.3, 0.4) is 0 Å². The molecule has 29 heavy (non-hydrogen) atoms. The highest BCUT2D eigenvalue weighted by Crippen LogP contribution is 2.43. The summed E-state index contributed by atoms with van der Waals surface area (Å²) < 4.78 is 22.7. The number of carbonyl (C=O) groups is 1. The van der Waals surface area contributed by atoms with Crippen molar-refractivity contribution >= 4 is 22.6 Å². The van der Waals surface area contributed by atoms with Crippen LogP contribution < -0.4 is 20.4 Å². The molecule has 0 radical (unpaired) electrons. The highest BCUT2D eigenvalue weighted by molar-refractivity contribution is 5.96. The highest BCUT2D eigenvalue weighted by Gasteiger charge is 2.37. The maximum absolute atomic E-state index is 15.6. The van der Waals surface area contributed by atoms with Gasteiger partial charge in [0.2, 0.25) is 5.43 Å². The number of methoxy groups -OCH3 is 1. The molecule has 1 aromatic carbocycles. The fourth-order valence-corrected chi connectivity index (χ4v) is 4.90. The average Bonchev–Trinajstić information content (AvgIpc) is 3.45. The van der Waals surface area contributed by atoms with Crippen molar-refractivity contribution in [2.45, 2.75) is 37.8 Å². The van der Waals surface area contributed by atoms with E-state index in [0.29, 0.717) is 36.3 Å². The second-order valence-electron chi connectivity index (χ2n) is 8.32. The first-order valence-corrected chi connectivity index (χ1v) is 10.2. The molecular formula is C21H24FN3O4. The van der Waals surface area contributed by atoms with Gasteiger partial charge in [0, 0.05) is 31.4 Å². The number of nitrogens with one attached hydrogen (secondary N) is 1. The van der Waals surface area contributed by atoms with Gasteiger partial charge < -0.3 is 24.6 Å². The molecule has 0 unspecified atom stereocenters. The fourth-order valence-electron chi connectivity index (χ4n) is 4.90. The van der Waals surface area contributed by atoms with Gasteiger partial charge in [-0.3, -0.25) is 4.79 Å². The Bertz CT molecular complexity index is 1050. The first-order valence-electron chi connectivity index (χ1n) is 10.2. The van der Waals surface area contributed by atoms with Crippen molar-refractivity contribution in [1.29, 1.82) is 0 Å². The minimum Gasteiger partial charge on any atom is -0.491 e. The maximum atomic E-state index is 15.6. The zero-order valence-corrected chi connectivity index (χ0v) is 16.3. The fraction of sp³-hybridized carbons (Fsp3) is 0.524. The Hall–Kier alpha value is -2.61. The van der Waals surface area contributed by atoms with Gasteiger partial charge in [0.25, 0.3) is 0 Å². The number of hydrogen-bond acceptors (Lipinski definition) is 5. The topological polar surface area (TPSA) is 83.8 Å². The van der Waals surface area contributed by atoms with Crippen molar-refractivity contribution in [2.75, 3.05) is 31.6 Å². The summed E-state index contributed by atoms with van der Waals surface area (Å²) in [6.07, 6.45) is 5.26. The van der Waals surface area contributed by atoms with E-state index in [1.54, 1.807) is 4.57 Å². The number of carboxylic acids is 1.